The molecule has 3 rings (SSSR count). The molecule has 3 aromatic rings. The summed E-state index contributed by atoms with van der Waals surface area (Å²) in [6, 6.07) is 14.5. The van der Waals surface area contributed by atoms with Crippen molar-refractivity contribution in [3.63, 3.8) is 0 Å². The van der Waals surface area contributed by atoms with Crippen LogP contribution in [0.2, 0.25) is 5.02 Å². The Labute approximate surface area is 165 Å². The minimum atomic E-state index is -3.65. The molecule has 0 fully saturated rings. The molecule has 0 radical (unpaired) electrons. The molecule has 1 heterocycles. The molecule has 0 saturated carbocycles. The number of aromatic nitrogens is 2. The van der Waals surface area contributed by atoms with Gasteiger partial charge in [0.1, 0.15) is 0 Å². The maximum atomic E-state index is 12.6. The van der Waals surface area contributed by atoms with E-state index in [1.807, 2.05) is 36.4 Å². The second-order valence-corrected chi connectivity index (χ2v) is 8.46. The van der Waals surface area contributed by atoms with E-state index in [-0.39, 0.29) is 4.90 Å². The van der Waals surface area contributed by atoms with Gasteiger partial charge in [-0.2, -0.15) is 5.10 Å². The number of sulfonamides is 1. The lowest BCUT2D eigenvalue weighted by molar-refractivity contribution is 0.601. The van der Waals surface area contributed by atoms with E-state index >= 15 is 0 Å². The number of anilines is 1. The molecule has 0 aliphatic heterocycles. The molecule has 0 aliphatic rings. The number of halogens is 1. The first-order valence-corrected chi connectivity index (χ1v) is 10.7. The van der Waals surface area contributed by atoms with Crippen LogP contribution < -0.4 is 4.72 Å². The summed E-state index contributed by atoms with van der Waals surface area (Å²) in [5, 5.41) is 4.86. The normalized spacial score (nSPS) is 11.5. The van der Waals surface area contributed by atoms with Crippen molar-refractivity contribution in [2.24, 2.45) is 0 Å². The highest BCUT2D eigenvalue weighted by Crippen LogP contribution is 2.19. The van der Waals surface area contributed by atoms with Gasteiger partial charge in [0.05, 0.1) is 23.3 Å². The van der Waals surface area contributed by atoms with E-state index in [0.717, 1.165) is 30.4 Å². The third kappa shape index (κ3) is 5.11. The van der Waals surface area contributed by atoms with Crippen molar-refractivity contribution in [2.75, 3.05) is 4.72 Å². The first-order valence-electron chi connectivity index (χ1n) is 8.85. The van der Waals surface area contributed by atoms with E-state index in [9.17, 15) is 8.42 Å². The average Bonchev–Trinajstić information content (AvgIpc) is 3.08. The van der Waals surface area contributed by atoms with Crippen molar-refractivity contribution >= 4 is 27.3 Å². The Morgan fingerprint density at radius 2 is 1.85 bits per heavy atom. The van der Waals surface area contributed by atoms with Crippen LogP contribution in [0.3, 0.4) is 0 Å². The zero-order valence-electron chi connectivity index (χ0n) is 15.1. The van der Waals surface area contributed by atoms with Crippen molar-refractivity contribution in [2.45, 2.75) is 37.6 Å². The van der Waals surface area contributed by atoms with Gasteiger partial charge in [-0.25, -0.2) is 8.42 Å². The van der Waals surface area contributed by atoms with Crippen molar-refractivity contribution in [1.29, 1.82) is 0 Å². The lowest BCUT2D eigenvalue weighted by Gasteiger charge is -2.07. The molecule has 2 aromatic carbocycles. The molecule has 0 bridgehead atoms. The van der Waals surface area contributed by atoms with Crippen LogP contribution in [0.25, 0.3) is 0 Å². The minimum absolute atomic E-state index is 0.238. The third-order valence-electron chi connectivity index (χ3n) is 4.23. The largest absolute Gasteiger partial charge is 0.276 e. The molecular formula is C20H22ClN3O2S. The van der Waals surface area contributed by atoms with Crippen molar-refractivity contribution < 1.29 is 8.42 Å². The number of benzene rings is 2. The first kappa shape index (κ1) is 19.5. The Morgan fingerprint density at radius 1 is 1.11 bits per heavy atom. The van der Waals surface area contributed by atoms with E-state index in [4.69, 9.17) is 11.6 Å². The Bertz CT molecular complexity index is 998. The smallest absolute Gasteiger partial charge is 0.261 e. The number of rotatable bonds is 8. The van der Waals surface area contributed by atoms with Gasteiger partial charge < -0.3 is 0 Å². The van der Waals surface area contributed by atoms with Gasteiger partial charge in [0.2, 0.25) is 0 Å². The van der Waals surface area contributed by atoms with Gasteiger partial charge in [0, 0.05) is 11.2 Å². The molecule has 1 N–H and O–H groups in total. The lowest BCUT2D eigenvalue weighted by Crippen LogP contribution is -2.12. The fourth-order valence-electron chi connectivity index (χ4n) is 2.73. The molecule has 0 aliphatic carbocycles. The topological polar surface area (TPSA) is 64.0 Å². The van der Waals surface area contributed by atoms with E-state index < -0.39 is 10.0 Å². The van der Waals surface area contributed by atoms with Crippen molar-refractivity contribution in [3.05, 3.63) is 77.1 Å². The van der Waals surface area contributed by atoms with Gasteiger partial charge in [-0.3, -0.25) is 9.40 Å². The number of nitrogens with one attached hydrogen (secondary N) is 1. The molecule has 27 heavy (non-hydrogen) atoms. The highest BCUT2D eigenvalue weighted by Gasteiger charge is 2.15. The summed E-state index contributed by atoms with van der Waals surface area (Å²) in [4.78, 5) is 0.238. The Morgan fingerprint density at radius 3 is 2.56 bits per heavy atom. The molecule has 142 valence electrons. The zero-order chi connectivity index (χ0) is 19.3. The quantitative estimate of drug-likeness (QED) is 0.591. The number of aryl methyl sites for hydroxylation is 1. The van der Waals surface area contributed by atoms with Crippen LogP contribution in [0, 0.1) is 0 Å². The van der Waals surface area contributed by atoms with E-state index in [2.05, 4.69) is 16.7 Å². The summed E-state index contributed by atoms with van der Waals surface area (Å²) in [5.41, 5.74) is 2.47. The molecule has 7 heteroatoms. The van der Waals surface area contributed by atoms with Crippen molar-refractivity contribution in [3.8, 4) is 0 Å². The minimum Gasteiger partial charge on any atom is -0.276 e. The monoisotopic (exact) mass is 403 g/mol. The number of hydrogen-bond acceptors (Lipinski definition) is 3. The predicted molar refractivity (Wildman–Crippen MR) is 109 cm³/mol. The standard InChI is InChI=1S/C20H22ClN3O2S/c1-2-3-6-16-9-11-19(12-10-16)27(25,26)23-18-13-22-24(15-18)14-17-7-4-5-8-20(17)21/h4-5,7-13,15,23H,2-3,6,14H2,1H3. The molecule has 5 nitrogen and oxygen atoms in total. The second kappa shape index (κ2) is 8.59. The predicted octanol–water partition coefficient (Wildman–Crippen LogP) is 4.73. The summed E-state index contributed by atoms with van der Waals surface area (Å²) in [6.07, 6.45) is 6.30. The molecule has 0 unspecified atom stereocenters. The molecule has 0 saturated heterocycles. The maximum Gasteiger partial charge on any atom is 0.261 e. The van der Waals surface area contributed by atoms with Crippen LogP contribution in [0.5, 0.6) is 0 Å². The average molecular weight is 404 g/mol. The van der Waals surface area contributed by atoms with Crippen LogP contribution in [0.4, 0.5) is 5.69 Å². The lowest BCUT2D eigenvalue weighted by atomic mass is 10.1. The third-order valence-corrected chi connectivity index (χ3v) is 5.99. The van der Waals surface area contributed by atoms with Crippen molar-refractivity contribution in [1.82, 2.24) is 9.78 Å². The fourth-order valence-corrected chi connectivity index (χ4v) is 3.96. The first-order chi connectivity index (χ1) is 13.0. The van der Waals surface area contributed by atoms with Crippen LogP contribution in [-0.2, 0) is 23.0 Å². The molecular weight excluding hydrogens is 382 g/mol. The number of nitrogens with zero attached hydrogens (tertiary/aromatic N) is 2. The second-order valence-electron chi connectivity index (χ2n) is 6.37. The maximum absolute atomic E-state index is 12.6. The Hall–Kier alpha value is -2.31. The summed E-state index contributed by atoms with van der Waals surface area (Å²) < 4.78 is 29.4. The van der Waals surface area contributed by atoms with E-state index in [1.165, 1.54) is 6.20 Å². The van der Waals surface area contributed by atoms with Gasteiger partial charge in [0.15, 0.2) is 0 Å². The molecule has 0 amide bonds. The summed E-state index contributed by atoms with van der Waals surface area (Å²) in [6.45, 7) is 2.60. The number of unbranched alkanes of at least 4 members (excludes halogenated alkanes) is 1. The SMILES string of the molecule is CCCCc1ccc(S(=O)(=O)Nc2cnn(Cc3ccccc3Cl)c2)cc1. The van der Waals surface area contributed by atoms with Gasteiger partial charge in [-0.05, 0) is 42.2 Å². The zero-order valence-corrected chi connectivity index (χ0v) is 16.7. The molecule has 0 atom stereocenters. The van der Waals surface area contributed by atoms with Crippen LogP contribution in [-0.4, -0.2) is 18.2 Å². The highest BCUT2D eigenvalue weighted by atomic mass is 35.5. The van der Waals surface area contributed by atoms with Crippen LogP contribution in [0.1, 0.15) is 30.9 Å². The van der Waals surface area contributed by atoms with Gasteiger partial charge in [-0.15, -0.1) is 0 Å². The number of hydrogen-bond donors (Lipinski definition) is 1. The Balaban J connectivity index is 1.69. The van der Waals surface area contributed by atoms with E-state index in [1.54, 1.807) is 23.0 Å². The summed E-state index contributed by atoms with van der Waals surface area (Å²) in [7, 11) is -3.65. The van der Waals surface area contributed by atoms with Gasteiger partial charge in [0.25, 0.3) is 10.0 Å². The molecule has 1 aromatic heterocycles. The van der Waals surface area contributed by atoms with E-state index in [0.29, 0.717) is 17.3 Å². The van der Waals surface area contributed by atoms with Gasteiger partial charge >= 0.3 is 0 Å². The summed E-state index contributed by atoms with van der Waals surface area (Å²) >= 11 is 6.16. The van der Waals surface area contributed by atoms with Crippen LogP contribution in [0.15, 0.2) is 65.8 Å². The van der Waals surface area contributed by atoms with Crippen LogP contribution >= 0.6 is 11.6 Å². The summed E-state index contributed by atoms with van der Waals surface area (Å²) in [5.74, 6) is 0. The molecule has 0 spiro atoms. The highest BCUT2D eigenvalue weighted by molar-refractivity contribution is 7.92. The van der Waals surface area contributed by atoms with Gasteiger partial charge in [-0.1, -0.05) is 55.3 Å². The Kier molecular flexibility index (Phi) is 6.19. The fraction of sp³-hybridized carbons (Fsp3) is 0.250.